The van der Waals surface area contributed by atoms with E-state index in [1.807, 2.05) is 0 Å². The molecule has 1 saturated carbocycles. The van der Waals surface area contributed by atoms with Gasteiger partial charge >= 0.3 is 6.18 Å². The minimum Gasteiger partial charge on any atom is -0.340 e. The van der Waals surface area contributed by atoms with Crippen LogP contribution in [0.1, 0.15) is 42.1 Å². The van der Waals surface area contributed by atoms with Crippen LogP contribution in [-0.4, -0.2) is 51.7 Å². The molecule has 0 N–H and O–H groups in total. The molecule has 31 heavy (non-hydrogen) atoms. The minimum atomic E-state index is -4.62. The lowest BCUT2D eigenvalue weighted by Gasteiger charge is -2.35. The highest BCUT2D eigenvalue weighted by Crippen LogP contribution is 2.46. The average molecular weight is 459 g/mol. The molecule has 0 atom stereocenters. The fraction of sp³-hybridized carbons (Fsp3) is 0.524. The maximum atomic E-state index is 13.8. The van der Waals surface area contributed by atoms with E-state index in [2.05, 4.69) is 10.00 Å². The van der Waals surface area contributed by atoms with Gasteiger partial charge in [-0.2, -0.15) is 18.3 Å². The molecule has 2 heterocycles. The van der Waals surface area contributed by atoms with E-state index in [1.54, 1.807) is 23.1 Å². The van der Waals surface area contributed by atoms with Gasteiger partial charge in [0.25, 0.3) is 0 Å². The number of hydrogen-bond acceptors (Lipinski definition) is 3. The molecule has 1 aromatic carbocycles. The number of hydrogen-bond donors (Lipinski definition) is 0. The van der Waals surface area contributed by atoms with E-state index in [0.29, 0.717) is 44.0 Å². The number of halogens is 5. The Morgan fingerprint density at radius 3 is 2.42 bits per heavy atom. The van der Waals surface area contributed by atoms with E-state index < -0.39 is 11.9 Å². The zero-order chi connectivity index (χ0) is 22.2. The third kappa shape index (κ3) is 5.03. The van der Waals surface area contributed by atoms with Crippen molar-refractivity contribution in [2.24, 2.45) is 0 Å². The fourth-order valence-electron chi connectivity index (χ4n) is 3.93. The monoisotopic (exact) mass is 458 g/mol. The van der Waals surface area contributed by atoms with Crippen molar-refractivity contribution in [2.45, 2.75) is 44.4 Å². The Bertz CT molecular complexity index is 949. The first-order valence-electron chi connectivity index (χ1n) is 10.3. The largest absolute Gasteiger partial charge is 0.436 e. The topological polar surface area (TPSA) is 41.4 Å². The molecular weight excluding hydrogens is 436 g/mol. The lowest BCUT2D eigenvalue weighted by Crippen LogP contribution is -2.48. The zero-order valence-electron chi connectivity index (χ0n) is 16.8. The van der Waals surface area contributed by atoms with Gasteiger partial charge in [-0.3, -0.25) is 14.4 Å². The molecule has 1 amide bonds. The standard InChI is InChI=1S/C21H23ClF4N4O/c22-18-19(14-5-6-14)30(27-20(18)21(24,25)26)8-7-17(31)29-11-9-28(10-12-29)13-15-3-1-2-4-16(15)23/h1-4,14H,5-13H2. The predicted molar refractivity (Wildman–Crippen MR) is 107 cm³/mol. The van der Waals surface area contributed by atoms with Crippen LogP contribution in [-0.2, 0) is 24.1 Å². The first kappa shape index (κ1) is 22.1. The van der Waals surface area contributed by atoms with Gasteiger partial charge in [-0.15, -0.1) is 0 Å². The second-order valence-corrected chi connectivity index (χ2v) is 8.42. The molecule has 1 aliphatic carbocycles. The van der Waals surface area contributed by atoms with E-state index in [9.17, 15) is 22.4 Å². The first-order valence-corrected chi connectivity index (χ1v) is 10.7. The van der Waals surface area contributed by atoms with Gasteiger partial charge in [-0.25, -0.2) is 4.39 Å². The maximum absolute atomic E-state index is 13.8. The van der Waals surface area contributed by atoms with E-state index >= 15 is 0 Å². The van der Waals surface area contributed by atoms with Crippen LogP contribution in [0.15, 0.2) is 24.3 Å². The van der Waals surface area contributed by atoms with Crippen molar-refractivity contribution in [2.75, 3.05) is 26.2 Å². The molecule has 2 aromatic rings. The van der Waals surface area contributed by atoms with Gasteiger partial charge in [0.2, 0.25) is 5.91 Å². The molecule has 0 spiro atoms. The molecule has 2 aliphatic rings. The summed E-state index contributed by atoms with van der Waals surface area (Å²) < 4.78 is 54.6. The van der Waals surface area contributed by atoms with Gasteiger partial charge in [0.15, 0.2) is 5.69 Å². The van der Waals surface area contributed by atoms with Gasteiger partial charge in [0, 0.05) is 50.6 Å². The minimum absolute atomic E-state index is 0.0203. The molecule has 1 aliphatic heterocycles. The van der Waals surface area contributed by atoms with Crippen molar-refractivity contribution < 1.29 is 22.4 Å². The number of carbonyl (C=O) groups is 1. The molecule has 2 fully saturated rings. The van der Waals surface area contributed by atoms with Crippen molar-refractivity contribution >= 4 is 17.5 Å². The number of aromatic nitrogens is 2. The number of amides is 1. The third-order valence-corrected chi connectivity index (χ3v) is 6.15. The van der Waals surface area contributed by atoms with Crippen LogP contribution in [0.25, 0.3) is 0 Å². The molecule has 10 heteroatoms. The van der Waals surface area contributed by atoms with E-state index in [0.717, 1.165) is 12.8 Å². The van der Waals surface area contributed by atoms with Crippen molar-refractivity contribution in [1.82, 2.24) is 19.6 Å². The molecule has 0 bridgehead atoms. The highest BCUT2D eigenvalue weighted by molar-refractivity contribution is 6.32. The second-order valence-electron chi connectivity index (χ2n) is 8.04. The number of carbonyl (C=O) groups excluding carboxylic acids is 1. The predicted octanol–water partition coefficient (Wildman–Crippen LogP) is 4.31. The maximum Gasteiger partial charge on any atom is 0.436 e. The summed E-state index contributed by atoms with van der Waals surface area (Å²) in [6, 6.07) is 6.61. The normalized spacial score (nSPS) is 17.9. The smallest absolute Gasteiger partial charge is 0.340 e. The molecular formula is C21H23ClF4N4O. The summed E-state index contributed by atoms with van der Waals surface area (Å²) in [5.41, 5.74) is -0.0762. The molecule has 1 saturated heterocycles. The zero-order valence-corrected chi connectivity index (χ0v) is 17.6. The lowest BCUT2D eigenvalue weighted by atomic mass is 10.2. The Balaban J connectivity index is 1.33. The number of alkyl halides is 3. The molecule has 1 aromatic heterocycles. The Morgan fingerprint density at radius 1 is 1.13 bits per heavy atom. The first-order chi connectivity index (χ1) is 14.7. The molecule has 0 radical (unpaired) electrons. The van der Waals surface area contributed by atoms with Crippen molar-refractivity contribution in [3.05, 3.63) is 52.1 Å². The van der Waals surface area contributed by atoms with Crippen LogP contribution in [0.3, 0.4) is 0 Å². The van der Waals surface area contributed by atoms with Gasteiger partial charge < -0.3 is 4.90 Å². The lowest BCUT2D eigenvalue weighted by molar-refractivity contribution is -0.141. The van der Waals surface area contributed by atoms with Crippen LogP contribution in [0.5, 0.6) is 0 Å². The summed E-state index contributed by atoms with van der Waals surface area (Å²) in [4.78, 5) is 16.4. The molecule has 168 valence electrons. The highest BCUT2D eigenvalue weighted by atomic mass is 35.5. The van der Waals surface area contributed by atoms with Crippen molar-refractivity contribution in [3.8, 4) is 0 Å². The third-order valence-electron chi connectivity index (χ3n) is 5.78. The Labute approximate surface area is 182 Å². The summed E-state index contributed by atoms with van der Waals surface area (Å²) in [6.07, 6.45) is -3.01. The summed E-state index contributed by atoms with van der Waals surface area (Å²) >= 11 is 5.98. The number of rotatable bonds is 6. The number of aryl methyl sites for hydroxylation is 1. The van der Waals surface area contributed by atoms with Gasteiger partial charge in [-0.05, 0) is 18.9 Å². The van der Waals surface area contributed by atoms with Gasteiger partial charge in [0.1, 0.15) is 5.82 Å². The SMILES string of the molecule is O=C(CCn1nc(C(F)(F)F)c(Cl)c1C1CC1)N1CCN(Cc2ccccc2F)CC1. The summed E-state index contributed by atoms with van der Waals surface area (Å²) in [5, 5.41) is 3.33. The van der Waals surface area contributed by atoms with E-state index in [1.165, 1.54) is 10.7 Å². The van der Waals surface area contributed by atoms with Gasteiger partial charge in [-0.1, -0.05) is 29.8 Å². The summed E-state index contributed by atoms with van der Waals surface area (Å²) in [6.45, 7) is 2.76. The fourth-order valence-corrected chi connectivity index (χ4v) is 4.33. The Kier molecular flexibility index (Phi) is 6.25. The number of piperazine rings is 1. The van der Waals surface area contributed by atoms with Crippen molar-refractivity contribution in [1.29, 1.82) is 0 Å². The van der Waals surface area contributed by atoms with Gasteiger partial charge in [0.05, 0.1) is 17.3 Å². The van der Waals surface area contributed by atoms with Crippen LogP contribution < -0.4 is 0 Å². The summed E-state index contributed by atoms with van der Waals surface area (Å²) in [7, 11) is 0. The van der Waals surface area contributed by atoms with Crippen molar-refractivity contribution in [3.63, 3.8) is 0 Å². The number of nitrogens with zero attached hydrogens (tertiary/aromatic N) is 4. The van der Waals surface area contributed by atoms with E-state index in [4.69, 9.17) is 11.6 Å². The number of benzene rings is 1. The molecule has 5 nitrogen and oxygen atoms in total. The molecule has 4 rings (SSSR count). The quantitative estimate of drug-likeness (QED) is 0.606. The van der Waals surface area contributed by atoms with Crippen LogP contribution >= 0.6 is 11.6 Å². The summed E-state index contributed by atoms with van der Waals surface area (Å²) in [5.74, 6) is -0.399. The van der Waals surface area contributed by atoms with E-state index in [-0.39, 0.29) is 35.6 Å². The Morgan fingerprint density at radius 2 is 1.81 bits per heavy atom. The Hall–Kier alpha value is -2.13. The van der Waals surface area contributed by atoms with Crippen LogP contribution in [0, 0.1) is 5.82 Å². The second kappa shape index (κ2) is 8.78. The van der Waals surface area contributed by atoms with Crippen LogP contribution in [0.2, 0.25) is 5.02 Å². The highest BCUT2D eigenvalue weighted by Gasteiger charge is 2.42. The molecule has 0 unspecified atom stereocenters. The average Bonchev–Trinajstić information content (AvgIpc) is 3.50. The van der Waals surface area contributed by atoms with Crippen LogP contribution in [0.4, 0.5) is 17.6 Å².